The van der Waals surface area contributed by atoms with Crippen molar-refractivity contribution in [1.82, 2.24) is 0 Å². The van der Waals surface area contributed by atoms with E-state index < -0.39 is 0 Å². The third-order valence-corrected chi connectivity index (χ3v) is 5.84. The Labute approximate surface area is 102 Å². The molecule has 84 valence electrons. The van der Waals surface area contributed by atoms with Crippen LogP contribution in [0.2, 0.25) is 16.5 Å². The summed E-state index contributed by atoms with van der Waals surface area (Å²) in [5, 5.41) is 0. The van der Waals surface area contributed by atoms with E-state index in [1.807, 2.05) is 0 Å². The van der Waals surface area contributed by atoms with E-state index in [4.69, 9.17) is 0 Å². The monoisotopic (exact) mass is 270 g/mol. The van der Waals surface area contributed by atoms with Gasteiger partial charge in [-0.2, -0.15) is 0 Å². The predicted octanol–water partition coefficient (Wildman–Crippen LogP) is 4.17. The van der Waals surface area contributed by atoms with E-state index in [0.29, 0.717) is 0 Å². The minimum atomic E-state index is 0.742. The van der Waals surface area contributed by atoms with Crippen molar-refractivity contribution >= 4 is 21.7 Å². The van der Waals surface area contributed by atoms with Crippen LogP contribution in [0.5, 0.6) is 0 Å². The first-order chi connectivity index (χ1) is 7.27. The zero-order valence-electron chi connectivity index (χ0n) is 10.1. The minimum absolute atomic E-state index is 0.742. The van der Waals surface area contributed by atoms with Gasteiger partial charge in [-0.25, -0.2) is 0 Å². The van der Waals surface area contributed by atoms with Gasteiger partial charge in [-0.05, 0) is 0 Å². The van der Waals surface area contributed by atoms with E-state index in [0.717, 1.165) is 38.1 Å². The summed E-state index contributed by atoms with van der Waals surface area (Å²) in [6.07, 6.45) is 9.07. The van der Waals surface area contributed by atoms with E-state index in [9.17, 15) is 0 Å². The van der Waals surface area contributed by atoms with Crippen molar-refractivity contribution in [2.24, 2.45) is 0 Å². The molecule has 2 bridgehead atoms. The van der Waals surface area contributed by atoms with E-state index in [2.05, 4.69) is 24.8 Å². The van der Waals surface area contributed by atoms with E-state index >= 15 is 0 Å². The number of fused-ring (bicyclic) bond motifs is 2. The average Bonchev–Trinajstić information content (AvgIpc) is 2.16. The summed E-state index contributed by atoms with van der Waals surface area (Å²) in [5.41, 5.74) is 0. The van der Waals surface area contributed by atoms with Crippen LogP contribution in [-0.4, -0.2) is 21.7 Å². The molecule has 0 aromatic rings. The SMILES string of the molecule is CC(C)[Se]/C=C/B1C2CCCC1CCC2. The van der Waals surface area contributed by atoms with Crippen molar-refractivity contribution in [2.75, 3.05) is 0 Å². The van der Waals surface area contributed by atoms with Gasteiger partial charge in [0.15, 0.2) is 0 Å². The molecule has 2 heterocycles. The molecule has 0 radical (unpaired) electrons. The molecule has 2 heteroatoms. The molecule has 0 spiro atoms. The summed E-state index contributed by atoms with van der Waals surface area (Å²) in [6.45, 7) is 5.64. The maximum absolute atomic E-state index is 2.60. The molecule has 15 heavy (non-hydrogen) atoms. The first-order valence-electron chi connectivity index (χ1n) is 6.59. The second-order valence-electron chi connectivity index (χ2n) is 5.47. The maximum atomic E-state index is 2.60. The summed E-state index contributed by atoms with van der Waals surface area (Å²) >= 11 is 0.742. The van der Waals surface area contributed by atoms with Crippen LogP contribution in [0.1, 0.15) is 52.4 Å². The van der Waals surface area contributed by atoms with Crippen molar-refractivity contribution in [3.63, 3.8) is 0 Å². The molecule has 0 nitrogen and oxygen atoms in total. The van der Waals surface area contributed by atoms with Gasteiger partial charge in [-0.3, -0.25) is 0 Å². The van der Waals surface area contributed by atoms with Crippen LogP contribution in [0.15, 0.2) is 10.9 Å². The standard InChI is InChI=1S/C13H23BSe/c1-11(2)15-10-9-14-12-5-3-6-13(14)8-4-7-12/h9-13H,3-8H2,1-2H3/b10-9+. The van der Waals surface area contributed by atoms with E-state index in [-0.39, 0.29) is 0 Å². The fourth-order valence-corrected chi connectivity index (χ4v) is 4.57. The molecule has 2 rings (SSSR count). The van der Waals surface area contributed by atoms with E-state index in [1.165, 1.54) is 38.5 Å². The summed E-state index contributed by atoms with van der Waals surface area (Å²) in [7, 11) is 0. The Balaban J connectivity index is 1.92. The molecule has 0 aromatic heterocycles. The van der Waals surface area contributed by atoms with Gasteiger partial charge in [-0.15, -0.1) is 0 Å². The van der Waals surface area contributed by atoms with Gasteiger partial charge in [-0.1, -0.05) is 0 Å². The molecule has 2 fully saturated rings. The molecular weight excluding hydrogens is 246 g/mol. The van der Waals surface area contributed by atoms with Crippen LogP contribution in [0.3, 0.4) is 0 Å². The second-order valence-corrected chi connectivity index (χ2v) is 8.59. The van der Waals surface area contributed by atoms with Gasteiger partial charge in [0.2, 0.25) is 0 Å². The number of rotatable bonds is 3. The summed E-state index contributed by atoms with van der Waals surface area (Å²) in [4.78, 5) is 3.41. The molecule has 0 saturated carbocycles. The molecule has 0 unspecified atom stereocenters. The van der Waals surface area contributed by atoms with Crippen molar-refractivity contribution < 1.29 is 0 Å². The van der Waals surface area contributed by atoms with Crippen molar-refractivity contribution in [3.8, 4) is 0 Å². The summed E-state index contributed by atoms with van der Waals surface area (Å²) in [6, 6.07) is 0. The second kappa shape index (κ2) is 5.59. The van der Waals surface area contributed by atoms with Crippen molar-refractivity contribution in [3.05, 3.63) is 10.9 Å². The number of hydrogen-bond acceptors (Lipinski definition) is 0. The Morgan fingerprint density at radius 1 is 1.07 bits per heavy atom. The quantitative estimate of drug-likeness (QED) is 0.674. The third kappa shape index (κ3) is 3.14. The van der Waals surface area contributed by atoms with Gasteiger partial charge in [0.1, 0.15) is 0 Å². The molecule has 0 aromatic carbocycles. The van der Waals surface area contributed by atoms with Gasteiger partial charge in [0.25, 0.3) is 0 Å². The molecule has 2 saturated heterocycles. The molecule has 0 amide bonds. The Morgan fingerprint density at radius 3 is 2.07 bits per heavy atom. The third-order valence-electron chi connectivity index (χ3n) is 4.04. The van der Waals surface area contributed by atoms with Gasteiger partial charge >= 0.3 is 101 Å². The zero-order valence-corrected chi connectivity index (χ0v) is 11.8. The predicted molar refractivity (Wildman–Crippen MR) is 70.9 cm³/mol. The van der Waals surface area contributed by atoms with Crippen LogP contribution in [-0.2, 0) is 0 Å². The van der Waals surface area contributed by atoms with Gasteiger partial charge < -0.3 is 0 Å². The fourth-order valence-electron chi connectivity index (χ4n) is 3.34. The average molecular weight is 269 g/mol. The van der Waals surface area contributed by atoms with Gasteiger partial charge in [0.05, 0.1) is 0 Å². The molecule has 2 aliphatic rings. The Kier molecular flexibility index (Phi) is 4.40. The fraction of sp³-hybridized carbons (Fsp3) is 0.846. The first-order valence-corrected chi connectivity index (χ1v) is 8.57. The Morgan fingerprint density at radius 2 is 1.60 bits per heavy atom. The van der Waals surface area contributed by atoms with Crippen LogP contribution >= 0.6 is 0 Å². The summed E-state index contributed by atoms with van der Waals surface area (Å²) < 4.78 is 0. The van der Waals surface area contributed by atoms with Crippen LogP contribution < -0.4 is 0 Å². The van der Waals surface area contributed by atoms with Crippen molar-refractivity contribution in [2.45, 2.75) is 68.8 Å². The summed E-state index contributed by atoms with van der Waals surface area (Å²) in [5.74, 6) is 4.71. The Bertz CT molecular complexity index is 203. The topological polar surface area (TPSA) is 0 Å². The molecule has 0 atom stereocenters. The molecule has 0 aliphatic carbocycles. The Hall–Kier alpha value is 0.324. The van der Waals surface area contributed by atoms with Crippen LogP contribution in [0, 0.1) is 0 Å². The van der Waals surface area contributed by atoms with Gasteiger partial charge in [0, 0.05) is 0 Å². The first kappa shape index (κ1) is 11.8. The number of hydrogen-bond donors (Lipinski definition) is 0. The van der Waals surface area contributed by atoms with Crippen LogP contribution in [0.4, 0.5) is 0 Å². The van der Waals surface area contributed by atoms with Crippen molar-refractivity contribution in [1.29, 1.82) is 0 Å². The molecule has 2 aliphatic heterocycles. The molecular formula is C13H23BSe. The normalized spacial score (nSPS) is 31.5. The van der Waals surface area contributed by atoms with E-state index in [1.54, 1.807) is 0 Å². The zero-order chi connectivity index (χ0) is 10.7. The molecule has 0 N–H and O–H groups in total. The van der Waals surface area contributed by atoms with Crippen LogP contribution in [0.25, 0.3) is 0 Å².